The van der Waals surface area contributed by atoms with Crippen LogP contribution in [0.2, 0.25) is 0 Å². The molecule has 9 atom stereocenters. The van der Waals surface area contributed by atoms with E-state index in [0.717, 1.165) is 47.3 Å². The minimum atomic E-state index is 0.534. The minimum Gasteiger partial charge on any atom is -0.0851 e. The molecular formula is C30H50. The van der Waals surface area contributed by atoms with Crippen molar-refractivity contribution in [1.29, 1.82) is 0 Å². The van der Waals surface area contributed by atoms with Crippen LogP contribution < -0.4 is 0 Å². The highest BCUT2D eigenvalue weighted by atomic mass is 14.6. The summed E-state index contributed by atoms with van der Waals surface area (Å²) in [5, 5.41) is 0. The summed E-state index contributed by atoms with van der Waals surface area (Å²) < 4.78 is 0. The third-order valence-electron chi connectivity index (χ3n) is 11.0. The van der Waals surface area contributed by atoms with Crippen LogP contribution in [0.5, 0.6) is 0 Å². The molecule has 0 nitrogen and oxygen atoms in total. The van der Waals surface area contributed by atoms with E-state index >= 15 is 0 Å². The van der Waals surface area contributed by atoms with E-state index in [-0.39, 0.29) is 0 Å². The Labute approximate surface area is 188 Å². The van der Waals surface area contributed by atoms with E-state index in [0.29, 0.717) is 10.8 Å². The molecule has 30 heavy (non-hydrogen) atoms. The molecule has 4 rings (SSSR count). The van der Waals surface area contributed by atoms with Crippen LogP contribution in [-0.4, -0.2) is 0 Å². The van der Waals surface area contributed by atoms with Crippen molar-refractivity contribution >= 4 is 0 Å². The molecule has 0 unspecified atom stereocenters. The van der Waals surface area contributed by atoms with Gasteiger partial charge in [-0.15, -0.1) is 0 Å². The zero-order valence-electron chi connectivity index (χ0n) is 21.2. The Morgan fingerprint density at radius 3 is 2.47 bits per heavy atom. The second kappa shape index (κ2) is 8.44. The van der Waals surface area contributed by atoms with Crippen LogP contribution in [0.4, 0.5) is 0 Å². The molecule has 0 saturated heterocycles. The smallest absolute Gasteiger partial charge is 0.00851 e. The molecule has 0 radical (unpaired) electrons. The van der Waals surface area contributed by atoms with Gasteiger partial charge in [-0.3, -0.25) is 0 Å². The fourth-order valence-corrected chi connectivity index (χ4v) is 9.03. The van der Waals surface area contributed by atoms with Crippen LogP contribution in [0.3, 0.4) is 0 Å². The Bertz CT molecular complexity index is 668. The number of hydrogen-bond donors (Lipinski definition) is 0. The molecule has 0 aromatic carbocycles. The third-order valence-corrected chi connectivity index (χ3v) is 11.0. The molecule has 3 saturated carbocycles. The average molecular weight is 411 g/mol. The fraction of sp³-hybridized carbons (Fsp3) is 0.867. The molecule has 4 aliphatic carbocycles. The molecule has 0 aromatic rings. The topological polar surface area (TPSA) is 0 Å². The number of hydrogen-bond acceptors (Lipinski definition) is 0. The van der Waals surface area contributed by atoms with Gasteiger partial charge in [0.1, 0.15) is 0 Å². The molecule has 0 bridgehead atoms. The predicted molar refractivity (Wildman–Crippen MR) is 131 cm³/mol. The van der Waals surface area contributed by atoms with Crippen LogP contribution in [-0.2, 0) is 0 Å². The van der Waals surface area contributed by atoms with E-state index in [1.807, 2.05) is 5.57 Å². The summed E-state index contributed by atoms with van der Waals surface area (Å²) in [4.78, 5) is 0. The lowest BCUT2D eigenvalue weighted by molar-refractivity contribution is -0.0486. The van der Waals surface area contributed by atoms with E-state index in [2.05, 4.69) is 66.7 Å². The Hall–Kier alpha value is -0.520. The fourth-order valence-electron chi connectivity index (χ4n) is 9.03. The van der Waals surface area contributed by atoms with E-state index in [1.165, 1.54) is 57.8 Å². The predicted octanol–water partition coefficient (Wildman–Crippen LogP) is 9.08. The quantitative estimate of drug-likeness (QED) is 0.396. The Morgan fingerprint density at radius 1 is 1.00 bits per heavy atom. The highest BCUT2D eigenvalue weighted by Crippen LogP contribution is 2.67. The molecule has 0 heteroatoms. The van der Waals surface area contributed by atoms with Gasteiger partial charge in [-0.2, -0.15) is 0 Å². The molecule has 0 spiro atoms. The zero-order chi connectivity index (χ0) is 21.7. The largest absolute Gasteiger partial charge is 0.0851 e. The molecule has 170 valence electrons. The highest BCUT2D eigenvalue weighted by molar-refractivity contribution is 5.25. The number of rotatable bonds is 5. The molecule has 0 amide bonds. The molecular weight excluding hydrogens is 360 g/mol. The van der Waals surface area contributed by atoms with Gasteiger partial charge in [0.2, 0.25) is 0 Å². The van der Waals surface area contributed by atoms with Crippen molar-refractivity contribution in [3.05, 3.63) is 23.8 Å². The standard InChI is InChI=1S/C30H50/c1-8-23(20(2)3)10-9-22(5)26-13-14-27-25-12-11-24-19-21(4)15-17-29(24,6)28(25)16-18-30(26,27)7/h9-11,20-23,25-28H,8,12-19H2,1-7H3/b10-9-/t21-,22+,23+,25+,26-,27+,28-,29-,30+/m0/s1. The van der Waals surface area contributed by atoms with Gasteiger partial charge < -0.3 is 0 Å². The van der Waals surface area contributed by atoms with Crippen LogP contribution in [0.25, 0.3) is 0 Å². The normalized spacial score (nSPS) is 45.6. The lowest BCUT2D eigenvalue weighted by Crippen LogP contribution is -2.50. The van der Waals surface area contributed by atoms with Crippen molar-refractivity contribution in [2.24, 2.45) is 58.2 Å². The van der Waals surface area contributed by atoms with Gasteiger partial charge >= 0.3 is 0 Å². The molecule has 3 fully saturated rings. The maximum Gasteiger partial charge on any atom is -0.00851 e. The number of fused-ring (bicyclic) bond motifs is 5. The molecule has 0 aliphatic heterocycles. The maximum atomic E-state index is 2.74. The second-order valence-electron chi connectivity index (χ2n) is 12.9. The van der Waals surface area contributed by atoms with Crippen molar-refractivity contribution < 1.29 is 0 Å². The van der Waals surface area contributed by atoms with Crippen molar-refractivity contribution in [3.63, 3.8) is 0 Å². The van der Waals surface area contributed by atoms with Gasteiger partial charge in [-0.05, 0) is 116 Å². The van der Waals surface area contributed by atoms with E-state index in [1.54, 1.807) is 0 Å². The lowest BCUT2D eigenvalue weighted by atomic mass is 9.46. The average Bonchev–Trinajstić information content (AvgIpc) is 3.06. The lowest BCUT2D eigenvalue weighted by Gasteiger charge is -2.58. The summed E-state index contributed by atoms with van der Waals surface area (Å²) in [6.07, 6.45) is 20.9. The Morgan fingerprint density at radius 2 is 1.77 bits per heavy atom. The Balaban J connectivity index is 1.52. The third kappa shape index (κ3) is 3.67. The van der Waals surface area contributed by atoms with Crippen molar-refractivity contribution in [1.82, 2.24) is 0 Å². The monoisotopic (exact) mass is 410 g/mol. The minimum absolute atomic E-state index is 0.534. The van der Waals surface area contributed by atoms with Crippen LogP contribution >= 0.6 is 0 Å². The Kier molecular flexibility index (Phi) is 6.38. The van der Waals surface area contributed by atoms with Crippen molar-refractivity contribution in [2.75, 3.05) is 0 Å². The second-order valence-corrected chi connectivity index (χ2v) is 12.9. The summed E-state index contributed by atoms with van der Waals surface area (Å²) in [6.45, 7) is 17.5. The highest BCUT2D eigenvalue weighted by Gasteiger charge is 2.58. The molecule has 4 aliphatic rings. The molecule has 0 heterocycles. The van der Waals surface area contributed by atoms with Crippen LogP contribution in [0.15, 0.2) is 23.8 Å². The first-order valence-corrected chi connectivity index (χ1v) is 13.6. The van der Waals surface area contributed by atoms with E-state index in [4.69, 9.17) is 0 Å². The van der Waals surface area contributed by atoms with Crippen molar-refractivity contribution in [2.45, 2.75) is 106 Å². The van der Waals surface area contributed by atoms with E-state index < -0.39 is 0 Å². The first-order valence-electron chi connectivity index (χ1n) is 13.6. The summed E-state index contributed by atoms with van der Waals surface area (Å²) in [7, 11) is 0. The van der Waals surface area contributed by atoms with E-state index in [9.17, 15) is 0 Å². The SMILES string of the molecule is CC[C@H](/C=C\[C@@H](C)[C@@H]1CC[C@@H]2[C@H]3CC=C4C[C@@H](C)CC[C@]4(C)[C@H]3CC[C@@]21C)C(C)C. The van der Waals surface area contributed by atoms with Crippen LogP contribution in [0.1, 0.15) is 106 Å². The summed E-state index contributed by atoms with van der Waals surface area (Å²) in [5.41, 5.74) is 2.97. The summed E-state index contributed by atoms with van der Waals surface area (Å²) in [6, 6.07) is 0. The molecule has 0 aromatic heterocycles. The van der Waals surface area contributed by atoms with Gasteiger partial charge in [-0.1, -0.05) is 72.3 Å². The summed E-state index contributed by atoms with van der Waals surface area (Å²) >= 11 is 0. The van der Waals surface area contributed by atoms with Gasteiger partial charge in [0.05, 0.1) is 0 Å². The van der Waals surface area contributed by atoms with Gasteiger partial charge in [0.25, 0.3) is 0 Å². The first kappa shape index (κ1) is 22.7. The van der Waals surface area contributed by atoms with Gasteiger partial charge in [0, 0.05) is 0 Å². The maximum absolute atomic E-state index is 2.74. The van der Waals surface area contributed by atoms with Gasteiger partial charge in [-0.25, -0.2) is 0 Å². The van der Waals surface area contributed by atoms with Gasteiger partial charge in [0.15, 0.2) is 0 Å². The molecule has 0 N–H and O–H groups in total. The number of allylic oxidation sites excluding steroid dienone is 4. The zero-order valence-corrected chi connectivity index (χ0v) is 21.2. The van der Waals surface area contributed by atoms with Crippen LogP contribution in [0, 0.1) is 58.2 Å². The van der Waals surface area contributed by atoms with Crippen molar-refractivity contribution in [3.8, 4) is 0 Å². The summed E-state index contributed by atoms with van der Waals surface area (Å²) in [5.74, 6) is 6.98. The first-order chi connectivity index (χ1) is 14.2.